The molecular weight excluding hydrogens is 509 g/mol. The van der Waals surface area contributed by atoms with Gasteiger partial charge in [-0.25, -0.2) is 13.4 Å². The van der Waals surface area contributed by atoms with Crippen molar-refractivity contribution in [2.24, 2.45) is 0 Å². The maximum absolute atomic E-state index is 15.1. The number of halogens is 2. The molecule has 36 heavy (non-hydrogen) atoms. The van der Waals surface area contributed by atoms with Crippen LogP contribution in [0.2, 0.25) is 5.02 Å². The predicted molar refractivity (Wildman–Crippen MR) is 143 cm³/mol. The van der Waals surface area contributed by atoms with Crippen molar-refractivity contribution in [2.45, 2.75) is 19.9 Å². The molecule has 0 aliphatic heterocycles. The molecule has 0 saturated heterocycles. The number of nitrogens with zero attached hydrogens (tertiary/aromatic N) is 2. The Balaban J connectivity index is 0.000000830. The summed E-state index contributed by atoms with van der Waals surface area (Å²) in [6.07, 6.45) is 0.769. The number of benzene rings is 2. The van der Waals surface area contributed by atoms with E-state index < -0.39 is 22.4 Å². The molecule has 3 rings (SSSR count). The minimum absolute atomic E-state index is 0.0191. The van der Waals surface area contributed by atoms with Gasteiger partial charge in [-0.05, 0) is 37.4 Å². The quantitative estimate of drug-likeness (QED) is 0.326. The van der Waals surface area contributed by atoms with Crippen molar-refractivity contribution in [3.05, 3.63) is 68.3 Å². The van der Waals surface area contributed by atoms with E-state index in [4.69, 9.17) is 20.8 Å². The van der Waals surface area contributed by atoms with E-state index in [1.807, 2.05) is 19.0 Å². The Morgan fingerprint density at radius 3 is 2.42 bits per heavy atom. The van der Waals surface area contributed by atoms with Gasteiger partial charge in [-0.15, -0.1) is 0 Å². The summed E-state index contributed by atoms with van der Waals surface area (Å²) in [5.74, 6) is 0.191. The van der Waals surface area contributed by atoms with Crippen molar-refractivity contribution in [2.75, 3.05) is 45.8 Å². The minimum Gasteiger partial charge on any atom is -0.495 e. The number of carbonyl (C=O) groups excluding carboxylic acids is 1. The molecule has 8 nitrogen and oxygen atoms in total. The molecular formula is C25H31ClFN3O5S. The Hall–Kier alpha value is -2.95. The SMILES string of the molecule is CCS(=O)Nc1cccc(Cc2c(CN(C)C)c3cc(Cl)c(OC)cc3oc2=O)c1F.CN(C)C=O. The van der Waals surface area contributed by atoms with Gasteiger partial charge in [-0.1, -0.05) is 30.7 Å². The summed E-state index contributed by atoms with van der Waals surface area (Å²) in [7, 11) is 7.22. The molecule has 1 heterocycles. The van der Waals surface area contributed by atoms with Gasteiger partial charge >= 0.3 is 5.63 Å². The summed E-state index contributed by atoms with van der Waals surface area (Å²) in [5, 5.41) is 1.05. The highest BCUT2D eigenvalue weighted by Gasteiger charge is 2.20. The van der Waals surface area contributed by atoms with Crippen LogP contribution in [0.4, 0.5) is 10.1 Å². The van der Waals surface area contributed by atoms with Crippen molar-refractivity contribution in [3.8, 4) is 5.75 Å². The Morgan fingerprint density at radius 1 is 1.19 bits per heavy atom. The van der Waals surface area contributed by atoms with E-state index >= 15 is 4.39 Å². The van der Waals surface area contributed by atoms with Crippen molar-refractivity contribution >= 4 is 45.7 Å². The molecule has 196 valence electrons. The fourth-order valence-corrected chi connectivity index (χ4v) is 4.10. The fraction of sp³-hybridized carbons (Fsp3) is 0.360. The smallest absolute Gasteiger partial charge is 0.340 e. The molecule has 11 heteroatoms. The number of fused-ring (bicyclic) bond motifs is 1. The number of hydrogen-bond acceptors (Lipinski definition) is 6. The van der Waals surface area contributed by atoms with Gasteiger partial charge in [0.2, 0.25) is 6.41 Å². The van der Waals surface area contributed by atoms with Crippen LogP contribution in [0.3, 0.4) is 0 Å². The first kappa shape index (κ1) is 29.3. The van der Waals surface area contributed by atoms with Crippen LogP contribution >= 0.6 is 11.6 Å². The summed E-state index contributed by atoms with van der Waals surface area (Å²) in [4.78, 5) is 25.7. The first-order valence-corrected chi connectivity index (χ1v) is 12.7. The number of amides is 1. The largest absolute Gasteiger partial charge is 0.495 e. The third-order valence-electron chi connectivity index (χ3n) is 5.01. The summed E-state index contributed by atoms with van der Waals surface area (Å²) in [6.45, 7) is 2.16. The van der Waals surface area contributed by atoms with Crippen LogP contribution < -0.4 is 15.1 Å². The number of rotatable bonds is 9. The van der Waals surface area contributed by atoms with E-state index in [1.165, 1.54) is 18.1 Å². The van der Waals surface area contributed by atoms with Gasteiger partial charge < -0.3 is 23.7 Å². The van der Waals surface area contributed by atoms with Crippen LogP contribution in [0.5, 0.6) is 5.75 Å². The number of carbonyl (C=O) groups is 1. The molecule has 0 bridgehead atoms. The van der Waals surface area contributed by atoms with Gasteiger partial charge in [0.15, 0.2) is 5.82 Å². The molecule has 2 aromatic carbocycles. The summed E-state index contributed by atoms with van der Waals surface area (Å²) in [6, 6.07) is 8.04. The Kier molecular flexibility index (Phi) is 10.9. The van der Waals surface area contributed by atoms with E-state index in [2.05, 4.69) is 4.72 Å². The zero-order valence-electron chi connectivity index (χ0n) is 21.2. The second-order valence-corrected chi connectivity index (χ2v) is 10.2. The van der Waals surface area contributed by atoms with E-state index in [0.717, 1.165) is 6.41 Å². The van der Waals surface area contributed by atoms with Gasteiger partial charge in [-0.3, -0.25) is 4.79 Å². The number of methoxy groups -OCH3 is 1. The van der Waals surface area contributed by atoms with Crippen LogP contribution in [0.15, 0.2) is 39.5 Å². The summed E-state index contributed by atoms with van der Waals surface area (Å²) in [5.41, 5.74) is 1.27. The molecule has 0 radical (unpaired) electrons. The molecule has 3 aromatic rings. The summed E-state index contributed by atoms with van der Waals surface area (Å²) < 4.78 is 40.3. The second kappa shape index (κ2) is 13.4. The molecule has 1 aromatic heterocycles. The lowest BCUT2D eigenvalue weighted by atomic mass is 9.97. The van der Waals surface area contributed by atoms with Crippen molar-refractivity contribution in [3.63, 3.8) is 0 Å². The molecule has 1 amide bonds. The van der Waals surface area contributed by atoms with Crippen LogP contribution in [0, 0.1) is 5.82 Å². The lowest BCUT2D eigenvalue weighted by Crippen LogP contribution is -2.19. The van der Waals surface area contributed by atoms with Crippen LogP contribution in [-0.4, -0.2) is 61.5 Å². The van der Waals surface area contributed by atoms with Gasteiger partial charge in [-0.2, -0.15) is 0 Å². The Bertz CT molecular complexity index is 1300. The highest BCUT2D eigenvalue weighted by molar-refractivity contribution is 7.86. The zero-order chi connectivity index (χ0) is 27.0. The monoisotopic (exact) mass is 539 g/mol. The van der Waals surface area contributed by atoms with Gasteiger partial charge in [0.25, 0.3) is 0 Å². The molecule has 1 N–H and O–H groups in total. The van der Waals surface area contributed by atoms with Crippen LogP contribution in [0.1, 0.15) is 23.6 Å². The standard InChI is InChI=1S/C22H24ClFN2O4S.C3H7NO/c1-5-31(28)25-18-8-6-7-13(21(18)24)9-15-16(12-26(2)3)14-10-17(23)20(29-4)11-19(14)30-22(15)27;1-4(2)3-5/h6-8,10-11,25H,5,9,12H2,1-4H3;3H,1-2H3. The first-order chi connectivity index (χ1) is 17.0. The predicted octanol–water partition coefficient (Wildman–Crippen LogP) is 4.05. The summed E-state index contributed by atoms with van der Waals surface area (Å²) >= 11 is 6.32. The fourth-order valence-electron chi connectivity index (χ4n) is 3.31. The maximum atomic E-state index is 15.1. The Morgan fingerprint density at radius 2 is 1.86 bits per heavy atom. The molecule has 0 aliphatic rings. The third-order valence-corrected chi connectivity index (χ3v) is 6.28. The number of nitrogens with one attached hydrogen (secondary N) is 1. The van der Waals surface area contributed by atoms with Crippen molar-refractivity contribution < 1.29 is 22.5 Å². The molecule has 1 atom stereocenters. The topological polar surface area (TPSA) is 92.1 Å². The second-order valence-electron chi connectivity index (χ2n) is 8.33. The van der Waals surface area contributed by atoms with Crippen molar-refractivity contribution in [1.82, 2.24) is 9.80 Å². The van der Waals surface area contributed by atoms with Crippen molar-refractivity contribution in [1.29, 1.82) is 0 Å². The molecule has 0 fully saturated rings. The Labute approximate surface area is 217 Å². The highest BCUT2D eigenvalue weighted by Crippen LogP contribution is 2.33. The lowest BCUT2D eigenvalue weighted by Gasteiger charge is -2.17. The average molecular weight is 540 g/mol. The van der Waals surface area contributed by atoms with E-state index in [0.29, 0.717) is 50.7 Å². The van der Waals surface area contributed by atoms with Gasteiger partial charge in [0.1, 0.15) is 22.3 Å². The molecule has 0 spiro atoms. The van der Waals surface area contributed by atoms with E-state index in [1.54, 1.807) is 45.3 Å². The normalized spacial score (nSPS) is 11.6. The minimum atomic E-state index is -1.39. The third kappa shape index (κ3) is 7.52. The zero-order valence-corrected chi connectivity index (χ0v) is 22.8. The van der Waals surface area contributed by atoms with Crippen LogP contribution in [0.25, 0.3) is 11.0 Å². The molecule has 0 saturated carbocycles. The number of anilines is 1. The van der Waals surface area contributed by atoms with Gasteiger partial charge in [0, 0.05) is 49.8 Å². The van der Waals surface area contributed by atoms with Gasteiger partial charge in [0.05, 0.1) is 17.8 Å². The molecule has 0 aliphatic carbocycles. The lowest BCUT2D eigenvalue weighted by molar-refractivity contribution is -0.115. The highest BCUT2D eigenvalue weighted by atomic mass is 35.5. The van der Waals surface area contributed by atoms with E-state index in [-0.39, 0.29) is 12.1 Å². The average Bonchev–Trinajstić information content (AvgIpc) is 2.83. The first-order valence-electron chi connectivity index (χ1n) is 11.0. The molecule has 1 unspecified atom stereocenters. The van der Waals surface area contributed by atoms with E-state index in [9.17, 15) is 13.8 Å². The maximum Gasteiger partial charge on any atom is 0.340 e. The number of hydrogen-bond donors (Lipinski definition) is 1. The number of ether oxygens (including phenoxy) is 1. The van der Waals surface area contributed by atoms with Crippen LogP contribution in [-0.2, 0) is 28.7 Å².